The molecule has 0 aliphatic heterocycles. The van der Waals surface area contributed by atoms with Crippen molar-refractivity contribution in [3.8, 4) is 5.82 Å². The number of amides is 1. The summed E-state index contributed by atoms with van der Waals surface area (Å²) in [7, 11) is 3.90. The molecule has 3 rings (SSSR count). The largest absolute Gasteiger partial charge is 0.417 e. The molecule has 0 atom stereocenters. The molecule has 0 spiro atoms. The van der Waals surface area contributed by atoms with Crippen molar-refractivity contribution in [2.45, 2.75) is 32.5 Å². The molecule has 0 saturated carbocycles. The van der Waals surface area contributed by atoms with E-state index in [0.29, 0.717) is 17.8 Å². The number of carbonyl (C=O) groups is 1. The van der Waals surface area contributed by atoms with Crippen LogP contribution in [0.4, 0.5) is 18.9 Å². The first-order valence-electron chi connectivity index (χ1n) is 9.74. The van der Waals surface area contributed by atoms with Crippen LogP contribution in [-0.4, -0.2) is 34.8 Å². The molecule has 3 aromatic rings. The summed E-state index contributed by atoms with van der Waals surface area (Å²) in [5.74, 6) is -0.194. The van der Waals surface area contributed by atoms with E-state index in [1.807, 2.05) is 57.1 Å². The van der Waals surface area contributed by atoms with Crippen molar-refractivity contribution < 1.29 is 18.0 Å². The standard InChI is InChI=1S/C22H24F3N5O/c1-14(2)20-18(21(31)27-11-15-5-8-17(9-6-15)29(3)4)13-28-30(20)19-10-7-16(12-26-19)22(23,24)25/h5-10,12-14H,11H2,1-4H3,(H,27,31). The molecule has 164 valence electrons. The van der Waals surface area contributed by atoms with Gasteiger partial charge in [0.05, 0.1) is 23.0 Å². The lowest BCUT2D eigenvalue weighted by atomic mass is 10.1. The number of nitrogens with zero attached hydrogens (tertiary/aromatic N) is 4. The highest BCUT2D eigenvalue weighted by atomic mass is 19.4. The van der Waals surface area contributed by atoms with Gasteiger partial charge in [-0.05, 0) is 35.7 Å². The van der Waals surface area contributed by atoms with Crippen LogP contribution in [0.5, 0.6) is 0 Å². The Kier molecular flexibility index (Phi) is 6.33. The van der Waals surface area contributed by atoms with Crippen molar-refractivity contribution in [1.82, 2.24) is 20.1 Å². The number of rotatable bonds is 6. The fourth-order valence-electron chi connectivity index (χ4n) is 3.14. The van der Waals surface area contributed by atoms with Gasteiger partial charge < -0.3 is 10.2 Å². The zero-order valence-corrected chi connectivity index (χ0v) is 17.7. The smallest absolute Gasteiger partial charge is 0.378 e. The summed E-state index contributed by atoms with van der Waals surface area (Å²) in [6.45, 7) is 4.11. The van der Waals surface area contributed by atoms with Gasteiger partial charge in [-0.15, -0.1) is 0 Å². The van der Waals surface area contributed by atoms with Gasteiger partial charge in [-0.25, -0.2) is 9.67 Å². The number of carbonyl (C=O) groups excluding carboxylic acids is 1. The summed E-state index contributed by atoms with van der Waals surface area (Å²) < 4.78 is 39.8. The van der Waals surface area contributed by atoms with E-state index in [1.165, 1.54) is 16.9 Å². The monoisotopic (exact) mass is 431 g/mol. The maximum Gasteiger partial charge on any atom is 0.417 e. The van der Waals surface area contributed by atoms with Gasteiger partial charge in [0.15, 0.2) is 5.82 Å². The summed E-state index contributed by atoms with van der Waals surface area (Å²) in [5.41, 5.74) is 2.10. The first-order valence-corrected chi connectivity index (χ1v) is 9.74. The third-order valence-corrected chi connectivity index (χ3v) is 4.80. The minimum absolute atomic E-state index is 0.105. The highest BCUT2D eigenvalue weighted by molar-refractivity contribution is 5.95. The Labute approximate surface area is 178 Å². The Bertz CT molecular complexity index is 1040. The molecule has 0 bridgehead atoms. The Morgan fingerprint density at radius 1 is 1.10 bits per heavy atom. The molecule has 0 saturated heterocycles. The number of benzene rings is 1. The molecule has 0 unspecified atom stereocenters. The number of hydrogen-bond donors (Lipinski definition) is 1. The van der Waals surface area contributed by atoms with Gasteiger partial charge >= 0.3 is 6.18 Å². The molecule has 6 nitrogen and oxygen atoms in total. The molecular formula is C22H24F3N5O. The maximum absolute atomic E-state index is 12.8. The number of anilines is 1. The van der Waals surface area contributed by atoms with Crippen molar-refractivity contribution in [2.75, 3.05) is 19.0 Å². The number of hydrogen-bond acceptors (Lipinski definition) is 4. The molecule has 0 aliphatic carbocycles. The first-order chi connectivity index (χ1) is 14.6. The van der Waals surface area contributed by atoms with Gasteiger partial charge in [0, 0.05) is 32.5 Å². The third-order valence-electron chi connectivity index (χ3n) is 4.80. The number of halogens is 3. The Morgan fingerprint density at radius 2 is 1.77 bits per heavy atom. The minimum atomic E-state index is -4.47. The second-order valence-corrected chi connectivity index (χ2v) is 7.66. The topological polar surface area (TPSA) is 63.1 Å². The van der Waals surface area contributed by atoms with Crippen molar-refractivity contribution >= 4 is 11.6 Å². The molecule has 2 aromatic heterocycles. The van der Waals surface area contributed by atoms with Crippen LogP contribution in [0.1, 0.15) is 46.9 Å². The lowest BCUT2D eigenvalue weighted by Crippen LogP contribution is -2.24. The summed E-state index contributed by atoms with van der Waals surface area (Å²) >= 11 is 0. The fraction of sp³-hybridized carbons (Fsp3) is 0.318. The third kappa shape index (κ3) is 5.04. The van der Waals surface area contributed by atoms with Crippen molar-refractivity contribution in [2.24, 2.45) is 0 Å². The van der Waals surface area contributed by atoms with Crippen LogP contribution >= 0.6 is 0 Å². The SMILES string of the molecule is CC(C)c1c(C(=O)NCc2ccc(N(C)C)cc2)cnn1-c1ccc(C(F)(F)F)cn1. The van der Waals surface area contributed by atoms with Crippen LogP contribution < -0.4 is 10.2 Å². The molecule has 2 heterocycles. The predicted molar refractivity (Wildman–Crippen MR) is 112 cm³/mol. The Balaban J connectivity index is 1.80. The number of nitrogens with one attached hydrogen (secondary N) is 1. The summed E-state index contributed by atoms with van der Waals surface area (Å²) in [6, 6.07) is 10.0. The number of pyridine rings is 1. The molecule has 1 N–H and O–H groups in total. The van der Waals surface area contributed by atoms with E-state index >= 15 is 0 Å². The van der Waals surface area contributed by atoms with Crippen molar-refractivity contribution in [1.29, 1.82) is 0 Å². The maximum atomic E-state index is 12.8. The van der Waals surface area contributed by atoms with E-state index in [-0.39, 0.29) is 17.6 Å². The second-order valence-electron chi connectivity index (χ2n) is 7.66. The van der Waals surface area contributed by atoms with Gasteiger partial charge in [0.25, 0.3) is 5.91 Å². The predicted octanol–water partition coefficient (Wildman–Crippen LogP) is 4.41. The normalized spacial score (nSPS) is 11.6. The van der Waals surface area contributed by atoms with E-state index in [4.69, 9.17) is 0 Å². The summed E-state index contributed by atoms with van der Waals surface area (Å²) in [5, 5.41) is 7.09. The molecule has 1 amide bonds. The van der Waals surface area contributed by atoms with Crippen LogP contribution in [0.25, 0.3) is 5.82 Å². The van der Waals surface area contributed by atoms with Gasteiger partial charge in [0.1, 0.15) is 0 Å². The van der Waals surface area contributed by atoms with E-state index in [1.54, 1.807) is 0 Å². The Hall–Kier alpha value is -3.36. The van der Waals surface area contributed by atoms with Gasteiger partial charge in [-0.1, -0.05) is 26.0 Å². The minimum Gasteiger partial charge on any atom is -0.378 e. The average Bonchev–Trinajstić information content (AvgIpc) is 3.17. The van der Waals surface area contributed by atoms with Crippen LogP contribution in [0.2, 0.25) is 0 Å². The number of aromatic nitrogens is 3. The zero-order chi connectivity index (χ0) is 22.8. The summed E-state index contributed by atoms with van der Waals surface area (Å²) in [4.78, 5) is 18.7. The quantitative estimate of drug-likeness (QED) is 0.628. The highest BCUT2D eigenvalue weighted by Gasteiger charge is 2.31. The van der Waals surface area contributed by atoms with Crippen LogP contribution in [-0.2, 0) is 12.7 Å². The first kappa shape index (κ1) is 22.3. The molecule has 1 aromatic carbocycles. The molecule has 0 fully saturated rings. The highest BCUT2D eigenvalue weighted by Crippen LogP contribution is 2.29. The van der Waals surface area contributed by atoms with Crippen LogP contribution in [0.15, 0.2) is 48.8 Å². The van der Waals surface area contributed by atoms with Crippen LogP contribution in [0, 0.1) is 0 Å². The molecule has 0 radical (unpaired) electrons. The van der Waals surface area contributed by atoms with E-state index < -0.39 is 11.7 Å². The zero-order valence-electron chi connectivity index (χ0n) is 17.7. The number of alkyl halides is 3. The second kappa shape index (κ2) is 8.79. The summed E-state index contributed by atoms with van der Waals surface area (Å²) in [6.07, 6.45) is -2.29. The molecule has 31 heavy (non-hydrogen) atoms. The lowest BCUT2D eigenvalue weighted by Gasteiger charge is -2.14. The molecule has 0 aliphatic rings. The molecular weight excluding hydrogens is 407 g/mol. The van der Waals surface area contributed by atoms with E-state index in [2.05, 4.69) is 15.4 Å². The van der Waals surface area contributed by atoms with Crippen molar-refractivity contribution in [3.05, 3.63) is 71.2 Å². The fourth-order valence-corrected chi connectivity index (χ4v) is 3.14. The van der Waals surface area contributed by atoms with E-state index in [9.17, 15) is 18.0 Å². The van der Waals surface area contributed by atoms with Gasteiger partial charge in [-0.3, -0.25) is 4.79 Å². The average molecular weight is 431 g/mol. The lowest BCUT2D eigenvalue weighted by molar-refractivity contribution is -0.137. The van der Waals surface area contributed by atoms with E-state index in [0.717, 1.165) is 23.5 Å². The Morgan fingerprint density at radius 3 is 2.29 bits per heavy atom. The van der Waals surface area contributed by atoms with Gasteiger partial charge in [-0.2, -0.15) is 18.3 Å². The van der Waals surface area contributed by atoms with Crippen LogP contribution in [0.3, 0.4) is 0 Å². The molecule has 9 heteroatoms. The van der Waals surface area contributed by atoms with Crippen molar-refractivity contribution in [3.63, 3.8) is 0 Å². The van der Waals surface area contributed by atoms with Gasteiger partial charge in [0.2, 0.25) is 0 Å².